The first-order chi connectivity index (χ1) is 8.24. The molecule has 1 heterocycles. The van der Waals surface area contributed by atoms with Crippen molar-refractivity contribution >= 4 is 23.2 Å². The van der Waals surface area contributed by atoms with Crippen LogP contribution < -0.4 is 0 Å². The van der Waals surface area contributed by atoms with Crippen LogP contribution in [0.25, 0.3) is 0 Å². The summed E-state index contributed by atoms with van der Waals surface area (Å²) in [7, 11) is 1.59. The summed E-state index contributed by atoms with van der Waals surface area (Å²) in [5.74, 6) is 0. The van der Waals surface area contributed by atoms with Gasteiger partial charge in [-0.15, -0.1) is 0 Å². The molecule has 0 N–H and O–H groups in total. The molecule has 1 aromatic rings. The lowest BCUT2D eigenvalue weighted by atomic mass is 9.81. The molecule has 0 aliphatic carbocycles. The second kappa shape index (κ2) is 4.35. The number of hydrogen-bond donors (Lipinski definition) is 0. The molecule has 0 radical (unpaired) electrons. The first kappa shape index (κ1) is 13.6. The Hall–Kier alpha value is -0.870. The first-order valence-electron chi connectivity index (χ1n) is 5.17. The van der Waals surface area contributed by atoms with Gasteiger partial charge in [0.2, 0.25) is 0 Å². The third-order valence-electron chi connectivity index (χ3n) is 3.00. The zero-order valence-corrected chi connectivity index (χ0v) is 10.9. The lowest BCUT2D eigenvalue weighted by Crippen LogP contribution is -2.44. The van der Waals surface area contributed by atoms with Crippen LogP contribution in [0.3, 0.4) is 0 Å². The third kappa shape index (κ3) is 2.19. The topological polar surface area (TPSA) is 3.24 Å². The minimum atomic E-state index is -4.40. The molecular formula is C12H10Cl2F3N. The highest BCUT2D eigenvalue weighted by molar-refractivity contribution is 6.34. The Morgan fingerprint density at radius 2 is 1.72 bits per heavy atom. The Bertz CT molecular complexity index is 478. The summed E-state index contributed by atoms with van der Waals surface area (Å²) < 4.78 is 40.1. The average Bonchev–Trinajstić information content (AvgIpc) is 2.59. The molecule has 18 heavy (non-hydrogen) atoms. The summed E-state index contributed by atoms with van der Waals surface area (Å²) in [4.78, 5) is 1.49. The second-order valence-electron chi connectivity index (χ2n) is 4.36. The second-order valence-corrected chi connectivity index (χ2v) is 5.23. The van der Waals surface area contributed by atoms with Gasteiger partial charge in [0.05, 0.1) is 0 Å². The van der Waals surface area contributed by atoms with Crippen molar-refractivity contribution in [3.63, 3.8) is 0 Å². The van der Waals surface area contributed by atoms with Crippen LogP contribution in [0.15, 0.2) is 30.5 Å². The van der Waals surface area contributed by atoms with E-state index in [-0.39, 0.29) is 22.2 Å². The largest absolute Gasteiger partial charge is 0.403 e. The van der Waals surface area contributed by atoms with E-state index >= 15 is 0 Å². The SMILES string of the molecule is CN1C=C[C@](c2cc(Cl)cc(Cl)c2)(C(F)(F)F)C1. The van der Waals surface area contributed by atoms with Gasteiger partial charge in [-0.2, -0.15) is 13.2 Å². The third-order valence-corrected chi connectivity index (χ3v) is 3.43. The van der Waals surface area contributed by atoms with Crippen LogP contribution in [0.2, 0.25) is 10.0 Å². The molecule has 1 aromatic carbocycles. The van der Waals surface area contributed by atoms with E-state index < -0.39 is 11.6 Å². The Morgan fingerprint density at radius 1 is 1.17 bits per heavy atom. The highest BCUT2D eigenvalue weighted by Gasteiger charge is 2.56. The van der Waals surface area contributed by atoms with E-state index in [2.05, 4.69) is 0 Å². The van der Waals surface area contributed by atoms with E-state index in [1.807, 2.05) is 0 Å². The van der Waals surface area contributed by atoms with E-state index in [4.69, 9.17) is 23.2 Å². The van der Waals surface area contributed by atoms with Crippen molar-refractivity contribution in [3.05, 3.63) is 46.1 Å². The summed E-state index contributed by atoms with van der Waals surface area (Å²) in [5.41, 5.74) is -1.98. The number of likely N-dealkylation sites (N-methyl/N-ethyl adjacent to an activating group) is 1. The lowest BCUT2D eigenvalue weighted by molar-refractivity contribution is -0.175. The predicted octanol–water partition coefficient (Wildman–Crippen LogP) is 4.25. The molecule has 0 amide bonds. The molecule has 6 heteroatoms. The Morgan fingerprint density at radius 3 is 2.11 bits per heavy atom. The fourth-order valence-corrected chi connectivity index (χ4v) is 2.63. The van der Waals surface area contributed by atoms with Crippen molar-refractivity contribution in [3.8, 4) is 0 Å². The van der Waals surface area contributed by atoms with E-state index in [9.17, 15) is 13.2 Å². The highest BCUT2D eigenvalue weighted by Crippen LogP contribution is 2.46. The summed E-state index contributed by atoms with van der Waals surface area (Å²) in [6, 6.07) is 4.04. The van der Waals surface area contributed by atoms with Gasteiger partial charge in [-0.1, -0.05) is 23.2 Å². The van der Waals surface area contributed by atoms with E-state index in [0.717, 1.165) is 6.08 Å². The van der Waals surface area contributed by atoms with Gasteiger partial charge in [-0.25, -0.2) is 0 Å². The number of rotatable bonds is 1. The molecular weight excluding hydrogens is 286 g/mol. The van der Waals surface area contributed by atoms with Gasteiger partial charge in [-0.3, -0.25) is 0 Å². The van der Waals surface area contributed by atoms with Gasteiger partial charge in [0, 0.05) is 23.6 Å². The Balaban J connectivity index is 2.58. The molecule has 0 aromatic heterocycles. The standard InChI is InChI=1S/C12H10Cl2F3N/c1-18-3-2-11(7-18,12(15,16)17)8-4-9(13)6-10(14)5-8/h2-6H,7H2,1H3/t11-/m0/s1. The summed E-state index contributed by atoms with van der Waals surface area (Å²) in [6.45, 7) is -0.173. The number of nitrogens with zero attached hydrogens (tertiary/aromatic N) is 1. The molecule has 0 bridgehead atoms. The predicted molar refractivity (Wildman–Crippen MR) is 66.0 cm³/mol. The van der Waals surface area contributed by atoms with Crippen molar-refractivity contribution in [2.75, 3.05) is 13.6 Å². The van der Waals surface area contributed by atoms with Crippen LogP contribution in [-0.2, 0) is 5.41 Å². The average molecular weight is 296 g/mol. The van der Waals surface area contributed by atoms with Gasteiger partial charge in [0.1, 0.15) is 5.41 Å². The molecule has 98 valence electrons. The van der Waals surface area contributed by atoms with Crippen LogP contribution >= 0.6 is 23.2 Å². The quantitative estimate of drug-likeness (QED) is 0.748. The Kier molecular flexibility index (Phi) is 3.28. The van der Waals surface area contributed by atoms with Crippen molar-refractivity contribution in [2.45, 2.75) is 11.6 Å². The van der Waals surface area contributed by atoms with Crippen LogP contribution in [-0.4, -0.2) is 24.7 Å². The molecule has 1 aliphatic heterocycles. The van der Waals surface area contributed by atoms with E-state index in [1.165, 1.54) is 29.3 Å². The maximum Gasteiger partial charge on any atom is 0.403 e. The monoisotopic (exact) mass is 295 g/mol. The maximum atomic E-state index is 13.4. The fraction of sp³-hybridized carbons (Fsp3) is 0.333. The van der Waals surface area contributed by atoms with Gasteiger partial charge in [-0.05, 0) is 36.0 Å². The minimum absolute atomic E-state index is 0.0631. The molecule has 0 saturated carbocycles. The number of alkyl halides is 3. The summed E-state index contributed by atoms with van der Waals surface area (Å²) >= 11 is 11.6. The number of halogens is 5. The lowest BCUT2D eigenvalue weighted by Gasteiger charge is -2.31. The minimum Gasteiger partial charge on any atom is -0.379 e. The normalized spacial score (nSPS) is 23.8. The van der Waals surface area contributed by atoms with Crippen LogP contribution in [0, 0.1) is 0 Å². The van der Waals surface area contributed by atoms with Crippen LogP contribution in [0.4, 0.5) is 13.2 Å². The number of hydrogen-bond acceptors (Lipinski definition) is 1. The first-order valence-corrected chi connectivity index (χ1v) is 5.93. The zero-order valence-electron chi connectivity index (χ0n) is 9.43. The van der Waals surface area contributed by atoms with Crippen LogP contribution in [0.1, 0.15) is 5.56 Å². The Labute approximate surface area is 113 Å². The van der Waals surface area contributed by atoms with Crippen molar-refractivity contribution < 1.29 is 13.2 Å². The summed E-state index contributed by atoms with van der Waals surface area (Å²) in [5, 5.41) is 0.396. The molecule has 1 nitrogen and oxygen atoms in total. The van der Waals surface area contributed by atoms with E-state index in [1.54, 1.807) is 7.05 Å². The zero-order chi connectivity index (χ0) is 13.6. The number of benzene rings is 1. The van der Waals surface area contributed by atoms with Crippen LogP contribution in [0.5, 0.6) is 0 Å². The van der Waals surface area contributed by atoms with Gasteiger partial charge in [0.15, 0.2) is 0 Å². The van der Waals surface area contributed by atoms with Crippen molar-refractivity contribution in [1.82, 2.24) is 4.90 Å². The molecule has 1 aliphatic rings. The van der Waals surface area contributed by atoms with Gasteiger partial charge >= 0.3 is 6.18 Å². The smallest absolute Gasteiger partial charge is 0.379 e. The van der Waals surface area contributed by atoms with Gasteiger partial charge in [0.25, 0.3) is 0 Å². The molecule has 0 fully saturated rings. The van der Waals surface area contributed by atoms with E-state index in [0.29, 0.717) is 0 Å². The van der Waals surface area contributed by atoms with Crippen molar-refractivity contribution in [1.29, 1.82) is 0 Å². The molecule has 0 unspecified atom stereocenters. The van der Waals surface area contributed by atoms with Crippen molar-refractivity contribution in [2.24, 2.45) is 0 Å². The highest BCUT2D eigenvalue weighted by atomic mass is 35.5. The maximum absolute atomic E-state index is 13.4. The summed E-state index contributed by atoms with van der Waals surface area (Å²) in [6.07, 6.45) is -1.83. The van der Waals surface area contributed by atoms with Gasteiger partial charge < -0.3 is 4.90 Å². The molecule has 0 spiro atoms. The fourth-order valence-electron chi connectivity index (χ4n) is 2.10. The molecule has 1 atom stereocenters. The molecule has 0 saturated heterocycles. The molecule has 2 rings (SSSR count).